The normalized spacial score (nSPS) is 16.8. The van der Waals surface area contributed by atoms with E-state index in [0.29, 0.717) is 6.42 Å². The molecule has 1 aromatic rings. The number of hydrogen-bond acceptors (Lipinski definition) is 4. The Bertz CT molecular complexity index is 565. The molecule has 0 aliphatic rings. The van der Waals surface area contributed by atoms with Crippen LogP contribution in [0.2, 0.25) is 0 Å². The highest BCUT2D eigenvalue weighted by atomic mass is 16.3. The maximum Gasteiger partial charge on any atom is 0.140 e. The molecule has 0 bridgehead atoms. The predicted octanol–water partition coefficient (Wildman–Crippen LogP) is 2.83. The lowest BCUT2D eigenvalue weighted by Gasteiger charge is -2.26. The minimum absolute atomic E-state index is 0.0475. The zero-order valence-corrected chi connectivity index (χ0v) is 15.1. The molecule has 0 aromatic heterocycles. The molecule has 0 heterocycles. The van der Waals surface area contributed by atoms with Crippen LogP contribution in [-0.4, -0.2) is 39.9 Å². The highest BCUT2D eigenvalue weighted by Gasteiger charge is 2.29. The van der Waals surface area contributed by atoms with Crippen LogP contribution in [0.15, 0.2) is 24.3 Å². The molecule has 0 saturated carbocycles. The number of carbonyl (C=O) groups is 1. The van der Waals surface area contributed by atoms with Gasteiger partial charge in [0.05, 0.1) is 18.8 Å². The number of benzene rings is 1. The van der Waals surface area contributed by atoms with Gasteiger partial charge in [0, 0.05) is 18.3 Å². The van der Waals surface area contributed by atoms with Gasteiger partial charge in [-0.25, -0.2) is 0 Å². The van der Waals surface area contributed by atoms with E-state index in [2.05, 4.69) is 0 Å². The Morgan fingerprint density at radius 3 is 2.50 bits per heavy atom. The van der Waals surface area contributed by atoms with Crippen LogP contribution in [0.5, 0.6) is 0 Å². The van der Waals surface area contributed by atoms with Gasteiger partial charge >= 0.3 is 0 Å². The van der Waals surface area contributed by atoms with E-state index in [1.165, 1.54) is 0 Å². The third-order valence-corrected chi connectivity index (χ3v) is 4.58. The van der Waals surface area contributed by atoms with Crippen LogP contribution >= 0.6 is 0 Å². The van der Waals surface area contributed by atoms with E-state index in [0.717, 1.165) is 16.7 Å². The summed E-state index contributed by atoms with van der Waals surface area (Å²) in [5.74, 6) is -0.901. The summed E-state index contributed by atoms with van der Waals surface area (Å²) in [5, 5.41) is 29.3. The second-order valence-corrected chi connectivity index (χ2v) is 6.52. The molecule has 0 aliphatic heterocycles. The predicted molar refractivity (Wildman–Crippen MR) is 96.8 cm³/mol. The van der Waals surface area contributed by atoms with Crippen molar-refractivity contribution in [3.05, 3.63) is 41.0 Å². The first kappa shape index (κ1) is 20.6. The van der Waals surface area contributed by atoms with Gasteiger partial charge in [-0.1, -0.05) is 56.7 Å². The van der Waals surface area contributed by atoms with Crippen molar-refractivity contribution in [2.75, 3.05) is 6.61 Å². The molecule has 0 aliphatic carbocycles. The SMILES string of the molecule is CC[C@H](O)CC(=O)[C@H](C)[C@H](O)[C@@H](C)c1ccc(C)cc1/C=C/CO. The minimum Gasteiger partial charge on any atom is -0.393 e. The lowest BCUT2D eigenvalue weighted by molar-refractivity contribution is -0.128. The third-order valence-electron chi connectivity index (χ3n) is 4.58. The average molecular weight is 334 g/mol. The van der Waals surface area contributed by atoms with Crippen molar-refractivity contribution in [2.45, 2.75) is 58.7 Å². The summed E-state index contributed by atoms with van der Waals surface area (Å²) in [6, 6.07) is 5.93. The first-order valence-corrected chi connectivity index (χ1v) is 8.58. The third kappa shape index (κ3) is 5.55. The van der Waals surface area contributed by atoms with Gasteiger partial charge in [0.15, 0.2) is 0 Å². The maximum absolute atomic E-state index is 12.2. The van der Waals surface area contributed by atoms with Crippen LogP contribution in [0.25, 0.3) is 6.08 Å². The Labute approximate surface area is 144 Å². The zero-order chi connectivity index (χ0) is 18.3. The molecule has 134 valence electrons. The van der Waals surface area contributed by atoms with Gasteiger partial charge in [-0.15, -0.1) is 0 Å². The van der Waals surface area contributed by atoms with Crippen molar-refractivity contribution >= 4 is 11.9 Å². The molecule has 0 saturated heterocycles. The lowest BCUT2D eigenvalue weighted by Crippen LogP contribution is -2.32. The Morgan fingerprint density at radius 1 is 1.25 bits per heavy atom. The average Bonchev–Trinajstić information content (AvgIpc) is 2.57. The van der Waals surface area contributed by atoms with Crippen LogP contribution in [0.4, 0.5) is 0 Å². The Morgan fingerprint density at radius 2 is 1.92 bits per heavy atom. The number of hydrogen-bond donors (Lipinski definition) is 3. The summed E-state index contributed by atoms with van der Waals surface area (Å²) in [6.07, 6.45) is 2.61. The Hall–Kier alpha value is -1.49. The van der Waals surface area contributed by atoms with E-state index in [4.69, 9.17) is 5.11 Å². The van der Waals surface area contributed by atoms with Gasteiger partial charge in [0.1, 0.15) is 5.78 Å². The van der Waals surface area contributed by atoms with Crippen molar-refractivity contribution in [2.24, 2.45) is 5.92 Å². The van der Waals surface area contributed by atoms with Gasteiger partial charge in [0.25, 0.3) is 0 Å². The van der Waals surface area contributed by atoms with Crippen molar-refractivity contribution in [3.8, 4) is 0 Å². The Kier molecular flexibility index (Phi) is 8.32. The number of carbonyl (C=O) groups excluding carboxylic acids is 1. The fraction of sp³-hybridized carbons (Fsp3) is 0.550. The summed E-state index contributed by atoms with van der Waals surface area (Å²) in [5.41, 5.74) is 2.96. The molecule has 0 spiro atoms. The Balaban J connectivity index is 2.97. The van der Waals surface area contributed by atoms with Crippen molar-refractivity contribution in [3.63, 3.8) is 0 Å². The highest BCUT2D eigenvalue weighted by molar-refractivity contribution is 5.81. The molecule has 3 N–H and O–H groups in total. The lowest BCUT2D eigenvalue weighted by atomic mass is 9.82. The van der Waals surface area contributed by atoms with Crippen molar-refractivity contribution < 1.29 is 20.1 Å². The standard InChI is InChI=1S/C20H30O4/c1-5-17(22)12-19(23)15(4)20(24)14(3)18-9-8-13(2)11-16(18)7-6-10-21/h6-9,11,14-15,17,20-22,24H,5,10,12H2,1-4H3/b7-6+/t14-,15-,17-,20+/m0/s1. The summed E-state index contributed by atoms with van der Waals surface area (Å²) >= 11 is 0. The highest BCUT2D eigenvalue weighted by Crippen LogP contribution is 2.29. The van der Waals surface area contributed by atoms with Crippen LogP contribution in [0.3, 0.4) is 0 Å². The largest absolute Gasteiger partial charge is 0.393 e. The molecule has 1 aromatic carbocycles. The number of ketones is 1. The van der Waals surface area contributed by atoms with Gasteiger partial charge in [-0.05, 0) is 24.5 Å². The molecule has 0 fully saturated rings. The molecule has 1 rings (SSSR count). The number of aliphatic hydroxyl groups is 3. The number of Topliss-reactive ketones (excluding diaryl/α,β-unsaturated/α-hetero) is 1. The quantitative estimate of drug-likeness (QED) is 0.649. The minimum atomic E-state index is -0.828. The van der Waals surface area contributed by atoms with Gasteiger partial charge in [-0.3, -0.25) is 4.79 Å². The second-order valence-electron chi connectivity index (χ2n) is 6.52. The second kappa shape index (κ2) is 9.72. The molecule has 4 heteroatoms. The summed E-state index contributed by atoms with van der Waals surface area (Å²) in [6.45, 7) is 7.37. The molecule has 4 nitrogen and oxygen atoms in total. The fourth-order valence-corrected chi connectivity index (χ4v) is 2.80. The smallest absolute Gasteiger partial charge is 0.140 e. The maximum atomic E-state index is 12.2. The van der Waals surface area contributed by atoms with E-state index >= 15 is 0 Å². The summed E-state index contributed by atoms with van der Waals surface area (Å²) in [7, 11) is 0. The van der Waals surface area contributed by atoms with Crippen molar-refractivity contribution in [1.29, 1.82) is 0 Å². The van der Waals surface area contributed by atoms with Gasteiger partial charge in [-0.2, -0.15) is 0 Å². The molecule has 0 radical (unpaired) electrons. The van der Waals surface area contributed by atoms with Gasteiger partial charge in [0.2, 0.25) is 0 Å². The van der Waals surface area contributed by atoms with E-state index in [-0.39, 0.29) is 24.7 Å². The molecule has 24 heavy (non-hydrogen) atoms. The van der Waals surface area contributed by atoms with E-state index in [1.54, 1.807) is 13.0 Å². The molecule has 0 unspecified atom stereocenters. The number of aryl methyl sites for hydroxylation is 1. The molecule has 0 amide bonds. The first-order chi connectivity index (χ1) is 11.3. The van der Waals surface area contributed by atoms with E-state index in [1.807, 2.05) is 45.0 Å². The summed E-state index contributed by atoms with van der Waals surface area (Å²) < 4.78 is 0. The van der Waals surface area contributed by atoms with Crippen LogP contribution in [0, 0.1) is 12.8 Å². The first-order valence-electron chi connectivity index (χ1n) is 8.58. The number of rotatable bonds is 9. The monoisotopic (exact) mass is 334 g/mol. The van der Waals surface area contributed by atoms with Gasteiger partial charge < -0.3 is 15.3 Å². The molecular weight excluding hydrogens is 304 g/mol. The molecular formula is C20H30O4. The number of aliphatic hydroxyl groups excluding tert-OH is 3. The zero-order valence-electron chi connectivity index (χ0n) is 15.1. The topological polar surface area (TPSA) is 77.8 Å². The van der Waals surface area contributed by atoms with Crippen molar-refractivity contribution in [1.82, 2.24) is 0 Å². The van der Waals surface area contributed by atoms with E-state index < -0.39 is 18.1 Å². The van der Waals surface area contributed by atoms with E-state index in [9.17, 15) is 15.0 Å². The molecule has 4 atom stereocenters. The van der Waals surface area contributed by atoms with Crippen LogP contribution < -0.4 is 0 Å². The fourth-order valence-electron chi connectivity index (χ4n) is 2.80. The van der Waals surface area contributed by atoms with Crippen LogP contribution in [0.1, 0.15) is 56.2 Å². The summed E-state index contributed by atoms with van der Waals surface area (Å²) in [4.78, 5) is 12.2. The van der Waals surface area contributed by atoms with Crippen LogP contribution in [-0.2, 0) is 4.79 Å².